The van der Waals surface area contributed by atoms with Crippen LogP contribution in [0.2, 0.25) is 0 Å². The first-order valence-corrected chi connectivity index (χ1v) is 13.8. The van der Waals surface area contributed by atoms with E-state index in [0.29, 0.717) is 0 Å². The third-order valence-corrected chi connectivity index (χ3v) is 11.2. The molecule has 1 nitrogen and oxygen atoms in total. The van der Waals surface area contributed by atoms with Crippen molar-refractivity contribution in [1.29, 1.82) is 0 Å². The van der Waals surface area contributed by atoms with Crippen LogP contribution in [-0.4, -0.2) is 19.6 Å². The zero-order valence-corrected chi connectivity index (χ0v) is 9.52. The van der Waals surface area contributed by atoms with E-state index in [9.17, 15) is 0 Å². The molecule has 0 aromatic rings. The molecule has 0 aliphatic carbocycles. The van der Waals surface area contributed by atoms with Gasteiger partial charge in [-0.1, -0.05) is 0 Å². The fourth-order valence-electron chi connectivity index (χ4n) is 0.270. The van der Waals surface area contributed by atoms with Crippen LogP contribution in [0.1, 0.15) is 0 Å². The van der Waals surface area contributed by atoms with Crippen molar-refractivity contribution >= 4 is 18.6 Å². The Hall–Kier alpha value is 0.980. The molecule has 48 valence electrons. The number of alkyl halides is 2. The quantitative estimate of drug-likeness (QED) is 0.226. The normalized spacial score (nSPS) is 23.5. The van der Waals surface area contributed by atoms with Crippen molar-refractivity contribution in [3.63, 3.8) is 0 Å². The van der Waals surface area contributed by atoms with Crippen molar-refractivity contribution in [3.8, 4) is 12.1 Å². The SMILES string of the molecule is C[N+]1([I-](C)(C)I)C#C1. The molecule has 0 radical (unpaired) electrons. The second kappa shape index (κ2) is 1.73. The zero-order chi connectivity index (χ0) is 6.41. The predicted molar refractivity (Wildman–Crippen MR) is 39.8 cm³/mol. The molecule has 0 spiro atoms. The molecule has 0 fully saturated rings. The van der Waals surface area contributed by atoms with Crippen LogP contribution < -0.4 is 14.7 Å². The van der Waals surface area contributed by atoms with E-state index in [4.69, 9.17) is 0 Å². The van der Waals surface area contributed by atoms with Gasteiger partial charge in [0.05, 0.1) is 0 Å². The summed E-state index contributed by atoms with van der Waals surface area (Å²) < 4.78 is 0.938. The molecule has 1 aliphatic heterocycles. The molecule has 3 heteroatoms. The van der Waals surface area contributed by atoms with Gasteiger partial charge in [0.2, 0.25) is 0 Å². The van der Waals surface area contributed by atoms with Crippen LogP contribution >= 0.6 is 18.6 Å². The van der Waals surface area contributed by atoms with E-state index in [2.05, 4.69) is 47.6 Å². The second-order valence-electron chi connectivity index (χ2n) is 2.19. The maximum atomic E-state index is 3.11. The summed E-state index contributed by atoms with van der Waals surface area (Å²) in [5, 5.41) is 0. The Kier molecular flexibility index (Phi) is 1.54. The molecule has 0 amide bonds. The third-order valence-electron chi connectivity index (χ3n) is 1.22. The average Bonchev–Trinajstić information content (AvgIpc) is 2.16. The first-order valence-electron chi connectivity index (χ1n) is 2.21. The fourth-order valence-corrected chi connectivity index (χ4v) is 2.75. The standard InChI is InChI=1S/C5H9I2N/c1-7(2,6)8(3)4-5-8/h1-3H3. The molecule has 1 aliphatic rings. The molecule has 1 heterocycles. The zero-order valence-electron chi connectivity index (χ0n) is 5.20. The van der Waals surface area contributed by atoms with E-state index < -0.39 is 14.7 Å². The van der Waals surface area contributed by atoms with Crippen molar-refractivity contribution in [2.24, 2.45) is 0 Å². The molecular weight excluding hydrogens is 328 g/mol. The van der Waals surface area contributed by atoms with Gasteiger partial charge in [-0.2, -0.15) is 0 Å². The van der Waals surface area contributed by atoms with E-state index in [0.717, 1.165) is 2.70 Å². The van der Waals surface area contributed by atoms with Crippen molar-refractivity contribution < 1.29 is 17.4 Å². The van der Waals surface area contributed by atoms with Crippen molar-refractivity contribution in [2.45, 2.75) is 0 Å². The summed E-state index contributed by atoms with van der Waals surface area (Å²) in [6, 6.07) is 6.22. The van der Waals surface area contributed by atoms with Gasteiger partial charge in [-0.25, -0.2) is 0 Å². The topological polar surface area (TPSA) is 0 Å². The van der Waals surface area contributed by atoms with Crippen LogP contribution in [0, 0.1) is 12.1 Å². The Morgan fingerprint density at radius 3 is 1.75 bits per heavy atom. The molecule has 0 unspecified atom stereocenters. The number of nitrogens with zero attached hydrogens (tertiary/aromatic N) is 1. The first kappa shape index (κ1) is 7.09. The van der Waals surface area contributed by atoms with Gasteiger partial charge >= 0.3 is 65.0 Å². The van der Waals surface area contributed by atoms with Crippen LogP contribution in [0.3, 0.4) is 0 Å². The summed E-state index contributed by atoms with van der Waals surface area (Å²) in [6.45, 7) is 0. The van der Waals surface area contributed by atoms with E-state index in [1.807, 2.05) is 0 Å². The van der Waals surface area contributed by atoms with Crippen molar-refractivity contribution in [2.75, 3.05) is 16.9 Å². The van der Waals surface area contributed by atoms with Gasteiger partial charge < -0.3 is 0 Å². The van der Waals surface area contributed by atoms with Gasteiger partial charge in [-0.3, -0.25) is 0 Å². The summed E-state index contributed by atoms with van der Waals surface area (Å²) in [5.74, 6) is 0. The minimum atomic E-state index is -1.45. The van der Waals surface area contributed by atoms with Crippen LogP contribution in [0.15, 0.2) is 0 Å². The number of halogens is 2. The monoisotopic (exact) mass is 337 g/mol. The second-order valence-corrected chi connectivity index (χ2v) is 23.6. The number of hydrogen-bond donors (Lipinski definition) is 0. The molecular formula is C5H9I2N. The molecule has 0 saturated carbocycles. The summed E-state index contributed by atoms with van der Waals surface area (Å²) in [6.07, 6.45) is 0. The van der Waals surface area contributed by atoms with Crippen LogP contribution in [0.25, 0.3) is 0 Å². The summed E-state index contributed by atoms with van der Waals surface area (Å²) >= 11 is 1.13. The molecule has 0 aromatic carbocycles. The summed E-state index contributed by atoms with van der Waals surface area (Å²) in [5.41, 5.74) is 0. The molecule has 8 heavy (non-hydrogen) atoms. The predicted octanol–water partition coefficient (Wildman–Crippen LogP) is -1.95. The molecule has 0 bridgehead atoms. The molecule has 0 atom stereocenters. The maximum absolute atomic E-state index is 3.11. The number of quaternary nitrogens is 1. The van der Waals surface area contributed by atoms with Gasteiger partial charge in [0, 0.05) is 0 Å². The molecule has 1 rings (SSSR count). The average molecular weight is 337 g/mol. The number of rotatable bonds is 1. The van der Waals surface area contributed by atoms with E-state index in [-0.39, 0.29) is 0 Å². The minimum absolute atomic E-state index is 0.938. The van der Waals surface area contributed by atoms with E-state index >= 15 is 0 Å². The van der Waals surface area contributed by atoms with Gasteiger partial charge in [-0.15, -0.1) is 0 Å². The van der Waals surface area contributed by atoms with Crippen LogP contribution in [0.4, 0.5) is 0 Å². The molecule has 0 aromatic heterocycles. The fraction of sp³-hybridized carbons (Fsp3) is 0.600. The van der Waals surface area contributed by atoms with Crippen LogP contribution in [0.5, 0.6) is 0 Å². The van der Waals surface area contributed by atoms with Crippen LogP contribution in [-0.2, 0) is 0 Å². The Morgan fingerprint density at radius 1 is 1.38 bits per heavy atom. The van der Waals surface area contributed by atoms with Gasteiger partial charge in [-0.05, 0) is 0 Å². The summed E-state index contributed by atoms with van der Waals surface area (Å²) in [4.78, 5) is 4.69. The van der Waals surface area contributed by atoms with Crippen molar-refractivity contribution in [1.82, 2.24) is 0 Å². The van der Waals surface area contributed by atoms with Crippen molar-refractivity contribution in [3.05, 3.63) is 0 Å². The Bertz CT molecular complexity index is 158. The first-order chi connectivity index (χ1) is 3.46. The Labute approximate surface area is 64.5 Å². The Balaban J connectivity index is 2.61. The third kappa shape index (κ3) is 1.11. The summed E-state index contributed by atoms with van der Waals surface area (Å²) in [7, 11) is 2.17. The molecule has 0 N–H and O–H groups in total. The van der Waals surface area contributed by atoms with E-state index in [1.165, 1.54) is 0 Å². The molecule has 0 saturated heterocycles. The van der Waals surface area contributed by atoms with Gasteiger partial charge in [0.1, 0.15) is 0 Å². The van der Waals surface area contributed by atoms with Gasteiger partial charge in [0.15, 0.2) is 0 Å². The number of hydrogen-bond acceptors (Lipinski definition) is 0. The van der Waals surface area contributed by atoms with Gasteiger partial charge in [0.25, 0.3) is 0 Å². The Morgan fingerprint density at radius 2 is 1.75 bits per heavy atom. The van der Waals surface area contributed by atoms with E-state index in [1.54, 1.807) is 0 Å².